The van der Waals surface area contributed by atoms with E-state index in [9.17, 15) is 17.5 Å². The summed E-state index contributed by atoms with van der Waals surface area (Å²) >= 11 is -4.09. The molecule has 0 aromatic carbocycles. The van der Waals surface area contributed by atoms with Crippen LogP contribution in [0, 0.1) is 0 Å². The first-order chi connectivity index (χ1) is 10.0. The highest BCUT2D eigenvalue weighted by Crippen LogP contribution is 2.19. The molecule has 0 saturated heterocycles. The molecule has 0 saturated carbocycles. The van der Waals surface area contributed by atoms with Gasteiger partial charge in [-0.2, -0.15) is 0 Å². The average molecular weight is 339 g/mol. The molecule has 4 nitrogen and oxygen atoms in total. The van der Waals surface area contributed by atoms with Gasteiger partial charge in [0.25, 0.3) is 0 Å². The Labute approximate surface area is 135 Å². The van der Waals surface area contributed by atoms with Crippen LogP contribution in [0.2, 0.25) is 0 Å². The predicted octanol–water partition coefficient (Wildman–Crippen LogP) is 3.81. The van der Waals surface area contributed by atoms with Gasteiger partial charge in [-0.1, -0.05) is 81.0 Å². The van der Waals surface area contributed by atoms with E-state index in [2.05, 4.69) is 13.8 Å². The standard InChI is InChI=1S/C15H32O4S2/c1-3-5-7-10-14(20(16)17)12-9-13-15(21(18)19)11-8-6-4-2/h14-15H,3-13H2,1-2H3,(H,16,17)(H,18,19)/p-2. The maximum Gasteiger partial charge on any atom is 0.0215 e. The van der Waals surface area contributed by atoms with Crippen LogP contribution in [0.4, 0.5) is 0 Å². The van der Waals surface area contributed by atoms with E-state index in [-0.39, 0.29) is 10.5 Å². The van der Waals surface area contributed by atoms with Gasteiger partial charge in [0, 0.05) is 10.5 Å². The summed E-state index contributed by atoms with van der Waals surface area (Å²) in [6.45, 7) is 4.18. The minimum Gasteiger partial charge on any atom is -0.772 e. The SMILES string of the molecule is CCCCCC(CCCC(CCCCC)S(=O)[O-])S(=O)[O-]. The van der Waals surface area contributed by atoms with Crippen LogP contribution >= 0.6 is 0 Å². The van der Waals surface area contributed by atoms with Crippen LogP contribution in [-0.4, -0.2) is 28.0 Å². The van der Waals surface area contributed by atoms with Gasteiger partial charge >= 0.3 is 0 Å². The van der Waals surface area contributed by atoms with Gasteiger partial charge < -0.3 is 9.11 Å². The first-order valence-corrected chi connectivity index (χ1v) is 10.5. The Kier molecular flexibility index (Phi) is 14.0. The molecule has 21 heavy (non-hydrogen) atoms. The van der Waals surface area contributed by atoms with Crippen LogP contribution in [0.3, 0.4) is 0 Å². The summed E-state index contributed by atoms with van der Waals surface area (Å²) in [5.41, 5.74) is 0. The fourth-order valence-corrected chi connectivity index (χ4v) is 3.93. The van der Waals surface area contributed by atoms with E-state index >= 15 is 0 Å². The Hall–Kier alpha value is 0.220. The molecule has 0 aromatic heterocycles. The second-order valence-corrected chi connectivity index (χ2v) is 8.06. The van der Waals surface area contributed by atoms with Gasteiger partial charge in [0.1, 0.15) is 0 Å². The van der Waals surface area contributed by atoms with Gasteiger partial charge in [0.15, 0.2) is 0 Å². The van der Waals surface area contributed by atoms with Gasteiger partial charge in [-0.3, -0.25) is 8.42 Å². The Balaban J connectivity index is 4.06. The van der Waals surface area contributed by atoms with Gasteiger partial charge in [-0.25, -0.2) is 0 Å². The van der Waals surface area contributed by atoms with Crippen LogP contribution < -0.4 is 0 Å². The van der Waals surface area contributed by atoms with Crippen molar-refractivity contribution in [1.82, 2.24) is 0 Å². The van der Waals surface area contributed by atoms with Crippen molar-refractivity contribution in [3.8, 4) is 0 Å². The van der Waals surface area contributed by atoms with Gasteiger partial charge in [-0.05, 0) is 25.7 Å². The fraction of sp³-hybridized carbons (Fsp3) is 1.00. The number of unbranched alkanes of at least 4 members (excludes halogenated alkanes) is 4. The van der Waals surface area contributed by atoms with E-state index < -0.39 is 22.2 Å². The summed E-state index contributed by atoms with van der Waals surface area (Å²) in [5.74, 6) is 0. The smallest absolute Gasteiger partial charge is 0.0215 e. The minimum atomic E-state index is -2.04. The van der Waals surface area contributed by atoms with Crippen molar-refractivity contribution in [2.45, 2.75) is 95.0 Å². The molecule has 0 radical (unpaired) electrons. The maximum atomic E-state index is 11.2. The molecule has 0 aliphatic rings. The third-order valence-electron chi connectivity index (χ3n) is 3.86. The summed E-state index contributed by atoms with van der Waals surface area (Å²) < 4.78 is 44.8. The fourth-order valence-electron chi connectivity index (χ4n) is 2.49. The molecule has 0 aliphatic heterocycles. The maximum absolute atomic E-state index is 11.2. The summed E-state index contributed by atoms with van der Waals surface area (Å²) in [4.78, 5) is 0. The first kappa shape index (κ1) is 21.2. The molecule has 0 amide bonds. The van der Waals surface area contributed by atoms with Crippen molar-refractivity contribution >= 4 is 22.2 Å². The van der Waals surface area contributed by atoms with Crippen LogP contribution in [-0.2, 0) is 22.2 Å². The van der Waals surface area contributed by atoms with Gasteiger partial charge in [-0.15, -0.1) is 0 Å². The van der Waals surface area contributed by atoms with Crippen molar-refractivity contribution in [3.63, 3.8) is 0 Å². The molecule has 4 unspecified atom stereocenters. The summed E-state index contributed by atoms with van der Waals surface area (Å²) in [6.07, 6.45) is 9.37. The minimum absolute atomic E-state index is 0.312. The van der Waals surface area contributed by atoms with Crippen LogP contribution in [0.25, 0.3) is 0 Å². The zero-order valence-electron chi connectivity index (χ0n) is 13.4. The largest absolute Gasteiger partial charge is 0.772 e. The summed E-state index contributed by atoms with van der Waals surface area (Å²) in [7, 11) is 0. The Morgan fingerprint density at radius 1 is 0.667 bits per heavy atom. The molecular formula is C15H30O4S2-2. The first-order valence-electron chi connectivity index (χ1n) is 8.19. The normalized spacial score (nSPS) is 17.3. The van der Waals surface area contributed by atoms with E-state index in [0.717, 1.165) is 38.5 Å². The number of rotatable bonds is 14. The molecule has 128 valence electrons. The van der Waals surface area contributed by atoms with Gasteiger partial charge in [0.05, 0.1) is 0 Å². The molecule has 4 atom stereocenters. The molecule has 0 rings (SSSR count). The molecule has 0 N–H and O–H groups in total. The van der Waals surface area contributed by atoms with Crippen molar-refractivity contribution < 1.29 is 17.5 Å². The predicted molar refractivity (Wildman–Crippen MR) is 87.6 cm³/mol. The number of hydrogen-bond acceptors (Lipinski definition) is 4. The van der Waals surface area contributed by atoms with Crippen LogP contribution in [0.15, 0.2) is 0 Å². The second-order valence-electron chi connectivity index (χ2n) is 5.69. The lowest BCUT2D eigenvalue weighted by Gasteiger charge is -2.23. The molecule has 0 fully saturated rings. The number of hydrogen-bond donors (Lipinski definition) is 0. The monoisotopic (exact) mass is 338 g/mol. The molecule has 0 aliphatic carbocycles. The third-order valence-corrected chi connectivity index (χ3v) is 5.89. The highest BCUT2D eigenvalue weighted by molar-refractivity contribution is 7.80. The summed E-state index contributed by atoms with van der Waals surface area (Å²) in [6, 6.07) is 0. The van der Waals surface area contributed by atoms with Crippen molar-refractivity contribution in [3.05, 3.63) is 0 Å². The molecule has 0 bridgehead atoms. The molecular weight excluding hydrogens is 308 g/mol. The molecule has 0 aromatic rings. The highest BCUT2D eigenvalue weighted by Gasteiger charge is 2.13. The van der Waals surface area contributed by atoms with Crippen LogP contribution in [0.5, 0.6) is 0 Å². The Morgan fingerprint density at radius 2 is 1.00 bits per heavy atom. The van der Waals surface area contributed by atoms with E-state index in [1.54, 1.807) is 0 Å². The molecule has 6 heteroatoms. The van der Waals surface area contributed by atoms with E-state index in [1.807, 2.05) is 0 Å². The topological polar surface area (TPSA) is 80.3 Å². The lowest BCUT2D eigenvalue weighted by molar-refractivity contribution is 0.475. The lowest BCUT2D eigenvalue weighted by Crippen LogP contribution is -2.18. The van der Waals surface area contributed by atoms with E-state index in [4.69, 9.17) is 0 Å². The van der Waals surface area contributed by atoms with Crippen molar-refractivity contribution in [1.29, 1.82) is 0 Å². The molecule has 0 spiro atoms. The lowest BCUT2D eigenvalue weighted by atomic mass is 10.0. The zero-order chi connectivity index (χ0) is 16.1. The van der Waals surface area contributed by atoms with Crippen molar-refractivity contribution in [2.75, 3.05) is 0 Å². The third kappa shape index (κ3) is 11.4. The zero-order valence-corrected chi connectivity index (χ0v) is 15.0. The Bertz CT molecular complexity index is 269. The average Bonchev–Trinajstić information content (AvgIpc) is 2.43. The van der Waals surface area contributed by atoms with E-state index in [0.29, 0.717) is 32.1 Å². The van der Waals surface area contributed by atoms with Crippen LogP contribution in [0.1, 0.15) is 84.5 Å². The van der Waals surface area contributed by atoms with Crippen molar-refractivity contribution in [2.24, 2.45) is 0 Å². The van der Waals surface area contributed by atoms with E-state index in [1.165, 1.54) is 0 Å². The Morgan fingerprint density at radius 3 is 1.29 bits per heavy atom. The summed E-state index contributed by atoms with van der Waals surface area (Å²) in [5, 5.41) is -0.624. The van der Waals surface area contributed by atoms with Gasteiger partial charge in [0.2, 0.25) is 0 Å². The second kappa shape index (κ2) is 13.9. The quantitative estimate of drug-likeness (QED) is 0.356. The highest BCUT2D eigenvalue weighted by atomic mass is 32.2. The molecule has 0 heterocycles.